The van der Waals surface area contributed by atoms with Crippen LogP contribution in [-0.4, -0.2) is 21.7 Å². The number of hydrogen-bond acceptors (Lipinski definition) is 2. The Morgan fingerprint density at radius 1 is 1.33 bits per heavy atom. The van der Waals surface area contributed by atoms with E-state index < -0.39 is 0 Å². The van der Waals surface area contributed by atoms with Crippen molar-refractivity contribution in [3.8, 4) is 11.3 Å². The number of halogens is 1. The highest BCUT2D eigenvalue weighted by atomic mass is 19.1. The fourth-order valence-electron chi connectivity index (χ4n) is 2.48. The lowest BCUT2D eigenvalue weighted by molar-refractivity contribution is 0.113. The van der Waals surface area contributed by atoms with Gasteiger partial charge in [-0.1, -0.05) is 18.6 Å². The fraction of sp³-hybridized carbons (Fsp3) is 0.357. The van der Waals surface area contributed by atoms with Gasteiger partial charge in [-0.15, -0.1) is 0 Å². The van der Waals surface area contributed by atoms with Gasteiger partial charge in [-0.05, 0) is 25.0 Å². The smallest absolute Gasteiger partial charge is 0.132 e. The van der Waals surface area contributed by atoms with Crippen LogP contribution in [0, 0.1) is 5.82 Å². The maximum atomic E-state index is 13.7. The molecule has 0 unspecified atom stereocenters. The molecule has 1 aromatic carbocycles. The maximum Gasteiger partial charge on any atom is 0.132 e. The van der Waals surface area contributed by atoms with E-state index >= 15 is 0 Å². The summed E-state index contributed by atoms with van der Waals surface area (Å²) in [7, 11) is 0. The van der Waals surface area contributed by atoms with E-state index in [-0.39, 0.29) is 17.8 Å². The molecule has 1 aromatic heterocycles. The average Bonchev–Trinajstić information content (AvgIpc) is 2.79. The number of aromatic nitrogens is 2. The minimum absolute atomic E-state index is 0.0945. The van der Waals surface area contributed by atoms with Crippen LogP contribution < -0.4 is 0 Å². The van der Waals surface area contributed by atoms with Crippen LogP contribution in [0.4, 0.5) is 4.39 Å². The zero-order chi connectivity index (χ0) is 12.6. The van der Waals surface area contributed by atoms with Gasteiger partial charge in [0.1, 0.15) is 11.6 Å². The predicted molar refractivity (Wildman–Crippen MR) is 66.6 cm³/mol. The van der Waals surface area contributed by atoms with Gasteiger partial charge < -0.3 is 10.1 Å². The first-order chi connectivity index (χ1) is 8.75. The molecule has 0 amide bonds. The second-order valence-corrected chi connectivity index (χ2v) is 4.92. The van der Waals surface area contributed by atoms with Crippen molar-refractivity contribution < 1.29 is 9.50 Å². The maximum absolute atomic E-state index is 13.7. The van der Waals surface area contributed by atoms with Crippen LogP contribution in [0.2, 0.25) is 0 Å². The van der Waals surface area contributed by atoms with Crippen LogP contribution in [0.1, 0.15) is 25.1 Å². The van der Waals surface area contributed by atoms with Gasteiger partial charge in [-0.2, -0.15) is 0 Å². The number of benzene rings is 1. The summed E-state index contributed by atoms with van der Waals surface area (Å²) in [6, 6.07) is 6.61. The highest BCUT2D eigenvalue weighted by Gasteiger charge is 2.40. The van der Waals surface area contributed by atoms with Crippen molar-refractivity contribution in [2.45, 2.75) is 24.7 Å². The summed E-state index contributed by atoms with van der Waals surface area (Å²) in [5, 5.41) is 9.49. The number of nitrogens with zero attached hydrogens (tertiary/aromatic N) is 1. The molecule has 4 heteroatoms. The molecule has 1 aliphatic carbocycles. The van der Waals surface area contributed by atoms with Crippen molar-refractivity contribution in [3.05, 3.63) is 42.1 Å². The van der Waals surface area contributed by atoms with E-state index in [9.17, 15) is 9.50 Å². The molecule has 0 spiro atoms. The van der Waals surface area contributed by atoms with Crippen LogP contribution in [0.15, 0.2) is 30.5 Å². The van der Waals surface area contributed by atoms with E-state index in [1.54, 1.807) is 24.4 Å². The monoisotopic (exact) mass is 246 g/mol. The standard InChI is InChI=1S/C14H15FN2O/c15-11-5-2-1-4-10(11)12-8-16-13(17-12)14(9-18)6-3-7-14/h1-2,4-5,8,18H,3,6-7,9H2,(H,16,17). The quantitative estimate of drug-likeness (QED) is 0.874. The van der Waals surface area contributed by atoms with E-state index in [2.05, 4.69) is 9.97 Å². The van der Waals surface area contributed by atoms with E-state index in [0.717, 1.165) is 25.1 Å². The second kappa shape index (κ2) is 4.21. The Labute approximate surface area is 105 Å². The number of rotatable bonds is 3. The molecule has 0 saturated heterocycles. The van der Waals surface area contributed by atoms with Crippen molar-refractivity contribution in [3.63, 3.8) is 0 Å². The van der Waals surface area contributed by atoms with Crippen LogP contribution >= 0.6 is 0 Å². The summed E-state index contributed by atoms with van der Waals surface area (Å²) in [6.45, 7) is 0.0945. The van der Waals surface area contributed by atoms with Gasteiger partial charge >= 0.3 is 0 Å². The molecular weight excluding hydrogens is 231 g/mol. The first-order valence-electron chi connectivity index (χ1n) is 6.16. The van der Waals surface area contributed by atoms with Gasteiger partial charge in [0.05, 0.1) is 23.9 Å². The lowest BCUT2D eigenvalue weighted by Crippen LogP contribution is -2.39. The van der Waals surface area contributed by atoms with Gasteiger partial charge in [0, 0.05) is 5.56 Å². The van der Waals surface area contributed by atoms with Gasteiger partial charge in [0.25, 0.3) is 0 Å². The molecule has 3 nitrogen and oxygen atoms in total. The third-order valence-corrected chi connectivity index (χ3v) is 3.86. The fourth-order valence-corrected chi connectivity index (χ4v) is 2.48. The Bertz CT molecular complexity index is 555. The van der Waals surface area contributed by atoms with Crippen LogP contribution in [-0.2, 0) is 5.41 Å². The van der Waals surface area contributed by atoms with Gasteiger partial charge in [0.15, 0.2) is 0 Å². The molecule has 0 atom stereocenters. The van der Waals surface area contributed by atoms with Crippen molar-refractivity contribution in [1.29, 1.82) is 0 Å². The average molecular weight is 246 g/mol. The van der Waals surface area contributed by atoms with Crippen LogP contribution in [0.3, 0.4) is 0 Å². The molecular formula is C14H15FN2O. The van der Waals surface area contributed by atoms with Crippen molar-refractivity contribution in [2.24, 2.45) is 0 Å². The summed E-state index contributed by atoms with van der Waals surface area (Å²) in [6.07, 6.45) is 4.63. The number of H-pyrrole nitrogens is 1. The minimum atomic E-state index is -0.264. The van der Waals surface area contributed by atoms with Gasteiger partial charge in [0.2, 0.25) is 0 Å². The van der Waals surface area contributed by atoms with E-state index in [1.807, 2.05) is 0 Å². The Morgan fingerprint density at radius 2 is 2.11 bits per heavy atom. The van der Waals surface area contributed by atoms with Crippen molar-refractivity contribution >= 4 is 0 Å². The van der Waals surface area contributed by atoms with Crippen LogP contribution in [0.5, 0.6) is 0 Å². The SMILES string of the molecule is OCC1(c2ncc(-c3ccccc3F)[nH]2)CCC1. The van der Waals surface area contributed by atoms with Crippen molar-refractivity contribution in [2.75, 3.05) is 6.61 Å². The lowest BCUT2D eigenvalue weighted by atomic mass is 9.69. The Kier molecular flexibility index (Phi) is 2.67. The number of imidazole rings is 1. The molecule has 18 heavy (non-hydrogen) atoms. The van der Waals surface area contributed by atoms with Crippen LogP contribution in [0.25, 0.3) is 11.3 Å². The summed E-state index contributed by atoms with van der Waals surface area (Å²) in [4.78, 5) is 7.47. The summed E-state index contributed by atoms with van der Waals surface area (Å²) < 4.78 is 13.7. The third kappa shape index (κ3) is 1.64. The molecule has 3 rings (SSSR count). The zero-order valence-corrected chi connectivity index (χ0v) is 9.99. The molecule has 1 heterocycles. The topological polar surface area (TPSA) is 48.9 Å². The summed E-state index contributed by atoms with van der Waals surface area (Å²) >= 11 is 0. The number of aliphatic hydroxyl groups is 1. The first kappa shape index (κ1) is 11.4. The largest absolute Gasteiger partial charge is 0.395 e. The van der Waals surface area contributed by atoms with E-state index in [1.165, 1.54) is 6.07 Å². The molecule has 2 N–H and O–H groups in total. The molecule has 1 saturated carbocycles. The molecule has 1 aliphatic rings. The molecule has 1 fully saturated rings. The molecule has 2 aromatic rings. The molecule has 0 aliphatic heterocycles. The van der Waals surface area contributed by atoms with Gasteiger partial charge in [-0.25, -0.2) is 9.37 Å². The van der Waals surface area contributed by atoms with Gasteiger partial charge in [-0.3, -0.25) is 0 Å². The number of nitrogens with one attached hydrogen (secondary N) is 1. The number of aromatic amines is 1. The highest BCUT2D eigenvalue weighted by molar-refractivity contribution is 5.59. The zero-order valence-electron chi connectivity index (χ0n) is 9.99. The molecule has 94 valence electrons. The Hall–Kier alpha value is -1.68. The molecule has 0 bridgehead atoms. The third-order valence-electron chi connectivity index (χ3n) is 3.86. The van der Waals surface area contributed by atoms with E-state index in [0.29, 0.717) is 11.3 Å². The van der Waals surface area contributed by atoms with E-state index in [4.69, 9.17) is 0 Å². The number of aliphatic hydroxyl groups excluding tert-OH is 1. The Balaban J connectivity index is 1.97. The predicted octanol–water partition coefficient (Wildman–Crippen LogP) is 2.63. The number of hydrogen-bond donors (Lipinski definition) is 2. The Morgan fingerprint density at radius 3 is 2.72 bits per heavy atom. The summed E-state index contributed by atoms with van der Waals surface area (Å²) in [5.74, 6) is 0.508. The highest BCUT2D eigenvalue weighted by Crippen LogP contribution is 2.42. The normalized spacial score (nSPS) is 17.4. The van der Waals surface area contributed by atoms with Crippen molar-refractivity contribution in [1.82, 2.24) is 9.97 Å². The molecule has 0 radical (unpaired) electrons. The minimum Gasteiger partial charge on any atom is -0.395 e. The first-order valence-corrected chi connectivity index (χ1v) is 6.16. The summed E-state index contributed by atoms with van der Waals surface area (Å²) in [5.41, 5.74) is 0.954. The second-order valence-electron chi connectivity index (χ2n) is 4.92. The lowest BCUT2D eigenvalue weighted by Gasteiger charge is -2.38.